The summed E-state index contributed by atoms with van der Waals surface area (Å²) in [5, 5.41) is 0. The van der Waals surface area contributed by atoms with E-state index in [4.69, 9.17) is 10.6 Å². The number of nitrogens with zero attached hydrogens (tertiary/aromatic N) is 1. The Morgan fingerprint density at radius 2 is 2.43 bits per heavy atom. The maximum absolute atomic E-state index is 5.63. The molecule has 0 saturated heterocycles. The molecule has 0 unspecified atom stereocenters. The Morgan fingerprint density at radius 1 is 1.57 bits per heavy atom. The van der Waals surface area contributed by atoms with Crippen molar-refractivity contribution in [3.63, 3.8) is 0 Å². The average Bonchev–Trinajstić information content (AvgIpc) is 2.16. The molecule has 0 amide bonds. The van der Waals surface area contributed by atoms with E-state index < -0.39 is 0 Å². The molecular weight excluding hydrogens is 178 g/mol. The lowest BCUT2D eigenvalue weighted by atomic mass is 9.96. The standard InChI is InChI=1S/C10H15N3O/c11-13-8-4-5-12-9(6-8)7-14-10-2-1-3-10/h4-6,10H,1-3,7,11H2,(H,12,13). The third kappa shape index (κ3) is 2.21. The topological polar surface area (TPSA) is 60.2 Å². The molecule has 1 saturated carbocycles. The highest BCUT2D eigenvalue weighted by atomic mass is 16.5. The van der Waals surface area contributed by atoms with Crippen LogP contribution in [0.25, 0.3) is 0 Å². The molecule has 1 aromatic heterocycles. The molecule has 4 nitrogen and oxygen atoms in total. The van der Waals surface area contributed by atoms with Crippen molar-refractivity contribution < 1.29 is 4.74 Å². The highest BCUT2D eigenvalue weighted by Gasteiger charge is 2.17. The first kappa shape index (κ1) is 9.43. The van der Waals surface area contributed by atoms with Gasteiger partial charge in [0, 0.05) is 6.20 Å². The van der Waals surface area contributed by atoms with Crippen LogP contribution in [0.15, 0.2) is 18.3 Å². The van der Waals surface area contributed by atoms with Gasteiger partial charge >= 0.3 is 0 Å². The van der Waals surface area contributed by atoms with E-state index in [0.29, 0.717) is 12.7 Å². The number of ether oxygens (including phenoxy) is 1. The Morgan fingerprint density at radius 3 is 3.07 bits per heavy atom. The number of hydrazine groups is 1. The van der Waals surface area contributed by atoms with Gasteiger partial charge in [-0.05, 0) is 31.4 Å². The second kappa shape index (κ2) is 4.39. The molecule has 0 atom stereocenters. The van der Waals surface area contributed by atoms with E-state index in [1.165, 1.54) is 19.3 Å². The van der Waals surface area contributed by atoms with Crippen molar-refractivity contribution in [2.24, 2.45) is 5.84 Å². The van der Waals surface area contributed by atoms with Crippen LogP contribution in [0.1, 0.15) is 25.0 Å². The Bertz CT molecular complexity index is 299. The van der Waals surface area contributed by atoms with Crippen molar-refractivity contribution in [3.8, 4) is 0 Å². The first-order valence-electron chi connectivity index (χ1n) is 4.91. The zero-order valence-electron chi connectivity index (χ0n) is 8.07. The van der Waals surface area contributed by atoms with E-state index in [0.717, 1.165) is 11.4 Å². The van der Waals surface area contributed by atoms with Gasteiger partial charge in [-0.25, -0.2) is 0 Å². The van der Waals surface area contributed by atoms with Crippen LogP contribution in [-0.4, -0.2) is 11.1 Å². The molecule has 0 spiro atoms. The molecule has 1 fully saturated rings. The van der Waals surface area contributed by atoms with E-state index in [2.05, 4.69) is 10.4 Å². The quantitative estimate of drug-likeness (QED) is 0.561. The number of rotatable bonds is 4. The SMILES string of the molecule is NNc1ccnc(COC2CCC2)c1. The van der Waals surface area contributed by atoms with E-state index in [1.54, 1.807) is 6.20 Å². The second-order valence-electron chi connectivity index (χ2n) is 3.54. The molecule has 0 radical (unpaired) electrons. The molecule has 4 heteroatoms. The second-order valence-corrected chi connectivity index (χ2v) is 3.54. The van der Waals surface area contributed by atoms with Crippen molar-refractivity contribution in [3.05, 3.63) is 24.0 Å². The summed E-state index contributed by atoms with van der Waals surface area (Å²) in [5.74, 6) is 5.29. The maximum Gasteiger partial charge on any atom is 0.0892 e. The number of pyridine rings is 1. The van der Waals surface area contributed by atoms with Crippen molar-refractivity contribution in [1.29, 1.82) is 0 Å². The molecule has 2 rings (SSSR count). The number of nitrogen functional groups attached to an aromatic ring is 1. The Kier molecular flexibility index (Phi) is 2.96. The summed E-state index contributed by atoms with van der Waals surface area (Å²) in [4.78, 5) is 4.20. The summed E-state index contributed by atoms with van der Waals surface area (Å²) in [6.07, 6.45) is 5.85. The van der Waals surface area contributed by atoms with Crippen LogP contribution in [0.3, 0.4) is 0 Å². The minimum Gasteiger partial charge on any atom is -0.372 e. The minimum atomic E-state index is 0.450. The third-order valence-corrected chi connectivity index (χ3v) is 2.50. The van der Waals surface area contributed by atoms with Gasteiger partial charge in [-0.2, -0.15) is 0 Å². The molecular formula is C10H15N3O. The lowest BCUT2D eigenvalue weighted by molar-refractivity contribution is -0.0101. The van der Waals surface area contributed by atoms with Crippen LogP contribution in [0.4, 0.5) is 5.69 Å². The van der Waals surface area contributed by atoms with Gasteiger partial charge in [0.25, 0.3) is 0 Å². The smallest absolute Gasteiger partial charge is 0.0892 e. The molecule has 76 valence electrons. The van der Waals surface area contributed by atoms with Crippen LogP contribution in [0.5, 0.6) is 0 Å². The molecule has 1 aromatic rings. The fourth-order valence-electron chi connectivity index (χ4n) is 1.39. The average molecular weight is 193 g/mol. The largest absolute Gasteiger partial charge is 0.372 e. The highest BCUT2D eigenvalue weighted by Crippen LogP contribution is 2.22. The minimum absolute atomic E-state index is 0.450. The van der Waals surface area contributed by atoms with Gasteiger partial charge in [-0.1, -0.05) is 0 Å². The van der Waals surface area contributed by atoms with Crippen LogP contribution in [0, 0.1) is 0 Å². The van der Waals surface area contributed by atoms with Crippen LogP contribution < -0.4 is 11.3 Å². The molecule has 14 heavy (non-hydrogen) atoms. The predicted molar refractivity (Wildman–Crippen MR) is 54.5 cm³/mol. The Balaban J connectivity index is 1.87. The Labute approximate surface area is 83.4 Å². The number of nitrogens with one attached hydrogen (secondary N) is 1. The number of aromatic nitrogens is 1. The number of hydrogen-bond acceptors (Lipinski definition) is 4. The van der Waals surface area contributed by atoms with Crippen molar-refractivity contribution in [2.75, 3.05) is 5.43 Å². The first-order chi connectivity index (χ1) is 6.88. The molecule has 3 N–H and O–H groups in total. The third-order valence-electron chi connectivity index (χ3n) is 2.50. The zero-order chi connectivity index (χ0) is 9.80. The summed E-state index contributed by atoms with van der Waals surface area (Å²) in [7, 11) is 0. The van der Waals surface area contributed by atoms with Crippen molar-refractivity contribution in [2.45, 2.75) is 32.0 Å². The van der Waals surface area contributed by atoms with E-state index in [1.807, 2.05) is 12.1 Å². The van der Waals surface area contributed by atoms with E-state index >= 15 is 0 Å². The molecule has 1 aliphatic carbocycles. The Hall–Kier alpha value is -1.13. The molecule has 1 aliphatic rings. The van der Waals surface area contributed by atoms with Crippen LogP contribution >= 0.6 is 0 Å². The van der Waals surface area contributed by atoms with E-state index in [-0.39, 0.29) is 0 Å². The predicted octanol–water partition coefficient (Wildman–Crippen LogP) is 1.44. The molecule has 1 heterocycles. The molecule has 0 aromatic carbocycles. The molecule has 0 bridgehead atoms. The normalized spacial score (nSPS) is 16.4. The van der Waals surface area contributed by atoms with Crippen molar-refractivity contribution >= 4 is 5.69 Å². The van der Waals surface area contributed by atoms with Gasteiger partial charge in [0.2, 0.25) is 0 Å². The highest BCUT2D eigenvalue weighted by molar-refractivity contribution is 5.41. The summed E-state index contributed by atoms with van der Waals surface area (Å²) < 4.78 is 5.63. The van der Waals surface area contributed by atoms with Gasteiger partial charge in [0.05, 0.1) is 24.1 Å². The summed E-state index contributed by atoms with van der Waals surface area (Å²) >= 11 is 0. The summed E-state index contributed by atoms with van der Waals surface area (Å²) in [6, 6.07) is 3.73. The van der Waals surface area contributed by atoms with Crippen molar-refractivity contribution in [1.82, 2.24) is 4.98 Å². The lowest BCUT2D eigenvalue weighted by Crippen LogP contribution is -2.21. The van der Waals surface area contributed by atoms with Gasteiger partial charge in [-0.15, -0.1) is 0 Å². The van der Waals surface area contributed by atoms with Gasteiger partial charge in [0.1, 0.15) is 0 Å². The monoisotopic (exact) mass is 193 g/mol. The zero-order valence-corrected chi connectivity index (χ0v) is 8.07. The number of nitrogens with two attached hydrogens (primary N) is 1. The van der Waals surface area contributed by atoms with Crippen LogP contribution in [0.2, 0.25) is 0 Å². The van der Waals surface area contributed by atoms with Gasteiger partial charge in [0.15, 0.2) is 0 Å². The molecule has 0 aliphatic heterocycles. The maximum atomic E-state index is 5.63. The van der Waals surface area contributed by atoms with Gasteiger partial charge < -0.3 is 10.2 Å². The lowest BCUT2D eigenvalue weighted by Gasteiger charge is -2.25. The van der Waals surface area contributed by atoms with E-state index in [9.17, 15) is 0 Å². The summed E-state index contributed by atoms with van der Waals surface area (Å²) in [5.41, 5.74) is 4.38. The fraction of sp³-hybridized carbons (Fsp3) is 0.500. The summed E-state index contributed by atoms with van der Waals surface area (Å²) in [6.45, 7) is 0.584. The number of hydrogen-bond donors (Lipinski definition) is 2. The fourth-order valence-corrected chi connectivity index (χ4v) is 1.39. The number of anilines is 1. The first-order valence-corrected chi connectivity index (χ1v) is 4.91. The van der Waals surface area contributed by atoms with Gasteiger partial charge in [-0.3, -0.25) is 10.8 Å². The van der Waals surface area contributed by atoms with Crippen LogP contribution in [-0.2, 0) is 11.3 Å².